The number of thioether (sulfide) groups is 1. The normalized spacial score (nSPS) is 18.8. The van der Waals surface area contributed by atoms with E-state index in [1.54, 1.807) is 0 Å². The van der Waals surface area contributed by atoms with Crippen molar-refractivity contribution in [2.75, 3.05) is 24.3 Å². The van der Waals surface area contributed by atoms with E-state index in [4.69, 9.17) is 9.98 Å². The molecule has 0 spiro atoms. The third-order valence-electron chi connectivity index (χ3n) is 5.22. The highest BCUT2D eigenvalue weighted by atomic mass is 32.2. The lowest BCUT2D eigenvalue weighted by molar-refractivity contribution is 0.769. The summed E-state index contributed by atoms with van der Waals surface area (Å²) >= 11 is 1.86. The van der Waals surface area contributed by atoms with Gasteiger partial charge in [0, 0.05) is 41.5 Å². The molecule has 2 aromatic carbocycles. The van der Waals surface area contributed by atoms with Gasteiger partial charge in [-0.1, -0.05) is 36.1 Å². The Morgan fingerprint density at radius 1 is 1.14 bits per heavy atom. The van der Waals surface area contributed by atoms with Gasteiger partial charge in [0.2, 0.25) is 0 Å². The molecule has 1 N–H and O–H groups in total. The maximum atomic E-state index is 5.06. The SMILES string of the molecule is CN(C)c1ccc(Nc2cc3c(c4c2=NC=CC4)SC2=CC=CCC2N=3)cc1. The molecule has 0 bridgehead atoms. The number of benzene rings is 2. The maximum absolute atomic E-state index is 5.06. The fourth-order valence-corrected chi connectivity index (χ4v) is 4.92. The van der Waals surface area contributed by atoms with Gasteiger partial charge in [0.15, 0.2) is 0 Å². The van der Waals surface area contributed by atoms with Crippen LogP contribution in [0.15, 0.2) is 80.6 Å². The van der Waals surface area contributed by atoms with Crippen LogP contribution in [0, 0.1) is 0 Å². The summed E-state index contributed by atoms with van der Waals surface area (Å²) in [6, 6.07) is 10.9. The first-order valence-electron chi connectivity index (χ1n) is 9.54. The summed E-state index contributed by atoms with van der Waals surface area (Å²) in [6.07, 6.45) is 12.5. The van der Waals surface area contributed by atoms with Crippen molar-refractivity contribution in [1.82, 2.24) is 0 Å². The Kier molecular flexibility index (Phi) is 4.32. The van der Waals surface area contributed by atoms with E-state index in [1.807, 2.05) is 18.0 Å². The van der Waals surface area contributed by atoms with Gasteiger partial charge in [0.05, 0.1) is 22.4 Å². The number of hydrogen-bond donors (Lipinski definition) is 1. The summed E-state index contributed by atoms with van der Waals surface area (Å²) in [5, 5.41) is 5.69. The van der Waals surface area contributed by atoms with Crippen LogP contribution in [0.25, 0.3) is 0 Å². The maximum Gasteiger partial charge on any atom is 0.0912 e. The summed E-state index contributed by atoms with van der Waals surface area (Å²) in [7, 11) is 4.10. The van der Waals surface area contributed by atoms with Crippen molar-refractivity contribution in [2.24, 2.45) is 9.98 Å². The average molecular weight is 387 g/mol. The van der Waals surface area contributed by atoms with Crippen molar-refractivity contribution in [1.29, 1.82) is 0 Å². The van der Waals surface area contributed by atoms with E-state index in [1.165, 1.54) is 21.1 Å². The smallest absolute Gasteiger partial charge is 0.0912 e. The molecular weight excluding hydrogens is 364 g/mol. The Morgan fingerprint density at radius 3 is 2.82 bits per heavy atom. The highest BCUT2D eigenvalue weighted by Crippen LogP contribution is 2.36. The van der Waals surface area contributed by atoms with Crippen molar-refractivity contribution in [2.45, 2.75) is 23.8 Å². The standard InChI is InChI=1S/C23H22N4S/c1-27(2)16-11-9-15(10-12-16)25-19-14-20-23(17-6-5-13-24-22(17)19)28-21-8-4-3-7-18(21)26-20/h3-5,8-14,18,25H,6-7H2,1-2H3. The molecule has 0 aromatic heterocycles. The van der Waals surface area contributed by atoms with E-state index in [2.05, 4.69) is 78.9 Å². The second kappa shape index (κ2) is 6.99. The first-order chi connectivity index (χ1) is 13.7. The second-order valence-electron chi connectivity index (χ2n) is 7.36. The van der Waals surface area contributed by atoms with Crippen LogP contribution in [0.5, 0.6) is 0 Å². The lowest BCUT2D eigenvalue weighted by atomic mass is 10.1. The molecule has 3 aliphatic rings. The van der Waals surface area contributed by atoms with E-state index in [-0.39, 0.29) is 6.04 Å². The Morgan fingerprint density at radius 2 is 2.00 bits per heavy atom. The lowest BCUT2D eigenvalue weighted by Crippen LogP contribution is -2.28. The molecule has 0 fully saturated rings. The molecule has 0 radical (unpaired) electrons. The van der Waals surface area contributed by atoms with Crippen LogP contribution >= 0.6 is 11.8 Å². The third-order valence-corrected chi connectivity index (χ3v) is 6.53. The zero-order valence-electron chi connectivity index (χ0n) is 16.0. The van der Waals surface area contributed by atoms with Gasteiger partial charge >= 0.3 is 0 Å². The Hall–Kier alpha value is -2.79. The topological polar surface area (TPSA) is 40.0 Å². The second-order valence-corrected chi connectivity index (χ2v) is 8.45. The predicted octanol–water partition coefficient (Wildman–Crippen LogP) is 4.12. The number of nitrogens with zero attached hydrogens (tertiary/aromatic N) is 3. The lowest BCUT2D eigenvalue weighted by Gasteiger charge is -2.25. The van der Waals surface area contributed by atoms with Crippen molar-refractivity contribution in [3.05, 3.63) is 82.0 Å². The molecule has 1 unspecified atom stereocenters. The highest BCUT2D eigenvalue weighted by Gasteiger charge is 2.24. The van der Waals surface area contributed by atoms with Crippen molar-refractivity contribution in [3.8, 4) is 0 Å². The van der Waals surface area contributed by atoms with Gasteiger partial charge in [-0.15, -0.1) is 0 Å². The van der Waals surface area contributed by atoms with Crippen LogP contribution in [0.4, 0.5) is 17.1 Å². The fourth-order valence-electron chi connectivity index (χ4n) is 3.74. The number of hydrogen-bond acceptors (Lipinski definition) is 5. The van der Waals surface area contributed by atoms with Crippen LogP contribution < -0.4 is 20.9 Å². The fraction of sp³-hybridized carbons (Fsp3) is 0.217. The summed E-state index contributed by atoms with van der Waals surface area (Å²) in [4.78, 5) is 14.5. The minimum Gasteiger partial charge on any atom is -0.378 e. The Bertz CT molecular complexity index is 1140. The third kappa shape index (κ3) is 3.06. The molecule has 2 heterocycles. The molecule has 2 aromatic rings. The molecule has 0 saturated heterocycles. The van der Waals surface area contributed by atoms with Crippen LogP contribution in [-0.2, 0) is 6.42 Å². The van der Waals surface area contributed by atoms with E-state index in [9.17, 15) is 0 Å². The summed E-state index contributed by atoms with van der Waals surface area (Å²) < 4.78 is 0. The first kappa shape index (κ1) is 17.3. The zero-order valence-corrected chi connectivity index (χ0v) is 16.8. The van der Waals surface area contributed by atoms with Crippen LogP contribution in [0.2, 0.25) is 0 Å². The monoisotopic (exact) mass is 386 g/mol. The van der Waals surface area contributed by atoms with Crippen molar-refractivity contribution in [3.63, 3.8) is 0 Å². The van der Waals surface area contributed by atoms with Gasteiger partial charge < -0.3 is 10.2 Å². The Balaban J connectivity index is 1.60. The molecular formula is C23H22N4S. The largest absolute Gasteiger partial charge is 0.378 e. The molecule has 5 rings (SSSR count). The molecule has 2 aliphatic heterocycles. The van der Waals surface area contributed by atoms with Gasteiger partial charge in [-0.25, -0.2) is 0 Å². The highest BCUT2D eigenvalue weighted by molar-refractivity contribution is 8.03. The van der Waals surface area contributed by atoms with Crippen molar-refractivity contribution >= 4 is 28.8 Å². The molecule has 5 heteroatoms. The van der Waals surface area contributed by atoms with E-state index in [0.717, 1.165) is 34.9 Å². The van der Waals surface area contributed by atoms with Gasteiger partial charge in [0.25, 0.3) is 0 Å². The van der Waals surface area contributed by atoms with Gasteiger partial charge in [-0.3, -0.25) is 9.98 Å². The van der Waals surface area contributed by atoms with E-state index < -0.39 is 0 Å². The first-order valence-corrected chi connectivity index (χ1v) is 10.4. The number of allylic oxidation sites excluding steroid dienone is 3. The van der Waals surface area contributed by atoms with Crippen molar-refractivity contribution < 1.29 is 0 Å². The van der Waals surface area contributed by atoms with Gasteiger partial charge in [-0.2, -0.15) is 0 Å². The Labute approximate surface area is 169 Å². The molecule has 1 atom stereocenters. The van der Waals surface area contributed by atoms with Crippen LogP contribution in [0.3, 0.4) is 0 Å². The molecule has 0 amide bonds. The predicted molar refractivity (Wildman–Crippen MR) is 117 cm³/mol. The number of nitrogens with one attached hydrogen (secondary N) is 1. The molecule has 4 nitrogen and oxygen atoms in total. The summed E-state index contributed by atoms with van der Waals surface area (Å²) in [6.45, 7) is 0. The molecule has 0 saturated carbocycles. The van der Waals surface area contributed by atoms with Gasteiger partial charge in [-0.05, 0) is 48.7 Å². The molecule has 140 valence electrons. The molecule has 1 aliphatic carbocycles. The zero-order chi connectivity index (χ0) is 19.1. The average Bonchev–Trinajstić information content (AvgIpc) is 2.73. The minimum absolute atomic E-state index is 0.254. The van der Waals surface area contributed by atoms with Crippen LogP contribution in [0.1, 0.15) is 12.0 Å². The number of anilines is 3. The van der Waals surface area contributed by atoms with Gasteiger partial charge in [0.1, 0.15) is 0 Å². The minimum atomic E-state index is 0.254. The van der Waals surface area contributed by atoms with Crippen LogP contribution in [-0.4, -0.2) is 20.1 Å². The van der Waals surface area contributed by atoms with E-state index in [0.29, 0.717) is 0 Å². The summed E-state index contributed by atoms with van der Waals surface area (Å²) in [5.41, 5.74) is 4.54. The number of fused-ring (bicyclic) bond motifs is 4. The molecule has 28 heavy (non-hydrogen) atoms. The summed E-state index contributed by atoms with van der Waals surface area (Å²) in [5.74, 6) is 0. The quantitative estimate of drug-likeness (QED) is 0.862. The number of rotatable bonds is 3. The van der Waals surface area contributed by atoms with E-state index >= 15 is 0 Å².